The molecule has 0 saturated heterocycles. The van der Waals surface area contributed by atoms with E-state index in [1.807, 2.05) is 19.9 Å². The molecule has 1 aliphatic carbocycles. The van der Waals surface area contributed by atoms with Crippen LogP contribution in [0, 0.1) is 5.92 Å². The zero-order valence-corrected chi connectivity index (χ0v) is 7.88. The average Bonchev–Trinajstić information content (AvgIpc) is 2.06. The molecule has 0 spiro atoms. The molecule has 0 aromatic rings. The van der Waals surface area contributed by atoms with E-state index in [0.29, 0.717) is 12.3 Å². The van der Waals surface area contributed by atoms with Gasteiger partial charge in [-0.2, -0.15) is 0 Å². The zero-order valence-electron chi connectivity index (χ0n) is 7.88. The molecule has 0 aromatic carbocycles. The van der Waals surface area contributed by atoms with E-state index >= 15 is 0 Å². The molecule has 0 bridgehead atoms. The van der Waals surface area contributed by atoms with Crippen LogP contribution >= 0.6 is 0 Å². The summed E-state index contributed by atoms with van der Waals surface area (Å²) in [5, 5.41) is 18.9. The third-order valence-electron chi connectivity index (χ3n) is 2.90. The molecule has 2 heteroatoms. The third kappa shape index (κ3) is 1.87. The molecule has 1 aliphatic rings. The van der Waals surface area contributed by atoms with Gasteiger partial charge in [0.05, 0.1) is 12.2 Å². The zero-order chi connectivity index (χ0) is 9.19. The summed E-state index contributed by atoms with van der Waals surface area (Å²) >= 11 is 0. The summed E-state index contributed by atoms with van der Waals surface area (Å²) in [6.07, 6.45) is 4.30. The second-order valence-electron chi connectivity index (χ2n) is 3.98. The van der Waals surface area contributed by atoms with Crippen molar-refractivity contribution < 1.29 is 10.2 Å². The van der Waals surface area contributed by atoms with E-state index in [9.17, 15) is 5.11 Å². The van der Waals surface area contributed by atoms with E-state index in [1.165, 1.54) is 0 Å². The minimum Gasteiger partial charge on any atom is -0.392 e. The van der Waals surface area contributed by atoms with Gasteiger partial charge < -0.3 is 10.2 Å². The summed E-state index contributed by atoms with van der Waals surface area (Å²) in [6.45, 7) is 4.23. The van der Waals surface area contributed by atoms with Gasteiger partial charge in [-0.3, -0.25) is 0 Å². The molecule has 0 saturated carbocycles. The lowest BCUT2D eigenvalue weighted by Gasteiger charge is -2.34. The van der Waals surface area contributed by atoms with Gasteiger partial charge in [0, 0.05) is 0 Å². The Hall–Kier alpha value is -0.340. The first-order valence-corrected chi connectivity index (χ1v) is 4.59. The Bertz CT molecular complexity index is 184. The van der Waals surface area contributed by atoms with Crippen LogP contribution in [0.3, 0.4) is 0 Å². The largest absolute Gasteiger partial charge is 0.392 e. The van der Waals surface area contributed by atoms with Crippen LogP contribution in [-0.2, 0) is 0 Å². The fourth-order valence-electron chi connectivity index (χ4n) is 1.57. The molecule has 0 heterocycles. The minimum absolute atomic E-state index is 0.147. The van der Waals surface area contributed by atoms with Gasteiger partial charge in [-0.1, -0.05) is 19.9 Å². The fourth-order valence-corrected chi connectivity index (χ4v) is 1.57. The van der Waals surface area contributed by atoms with E-state index in [0.717, 1.165) is 18.4 Å². The molecule has 1 rings (SSSR count). The summed E-state index contributed by atoms with van der Waals surface area (Å²) in [6, 6.07) is 0. The van der Waals surface area contributed by atoms with Crippen LogP contribution in [0.25, 0.3) is 0 Å². The van der Waals surface area contributed by atoms with Crippen LogP contribution in [0.4, 0.5) is 0 Å². The van der Waals surface area contributed by atoms with Gasteiger partial charge in [0.2, 0.25) is 0 Å². The van der Waals surface area contributed by atoms with Crippen molar-refractivity contribution >= 4 is 0 Å². The SMILES string of the molecule is CC(C)[C@]1(O)CC=C(CO)CC1. The van der Waals surface area contributed by atoms with Crippen LogP contribution in [0.15, 0.2) is 11.6 Å². The highest BCUT2D eigenvalue weighted by Crippen LogP contribution is 2.32. The van der Waals surface area contributed by atoms with Gasteiger partial charge in [-0.15, -0.1) is 0 Å². The molecular formula is C10H18O2. The standard InChI is InChI=1S/C10H18O2/c1-8(2)10(12)5-3-9(7-11)4-6-10/h3,8,11-12H,4-7H2,1-2H3/t10-/m0/s1. The molecule has 1 atom stereocenters. The molecule has 0 aliphatic heterocycles. The first kappa shape index (κ1) is 9.75. The van der Waals surface area contributed by atoms with E-state index < -0.39 is 5.60 Å². The number of aliphatic hydroxyl groups is 2. The van der Waals surface area contributed by atoms with Gasteiger partial charge in [-0.05, 0) is 30.8 Å². The van der Waals surface area contributed by atoms with Gasteiger partial charge >= 0.3 is 0 Å². The lowest BCUT2D eigenvalue weighted by Crippen LogP contribution is -2.36. The van der Waals surface area contributed by atoms with Crippen molar-refractivity contribution in [2.45, 2.75) is 38.7 Å². The Labute approximate surface area is 73.9 Å². The number of hydrogen-bond acceptors (Lipinski definition) is 2. The Morgan fingerprint density at radius 3 is 2.58 bits per heavy atom. The smallest absolute Gasteiger partial charge is 0.0707 e. The topological polar surface area (TPSA) is 40.5 Å². The fraction of sp³-hybridized carbons (Fsp3) is 0.800. The van der Waals surface area contributed by atoms with Crippen LogP contribution in [-0.4, -0.2) is 22.4 Å². The summed E-state index contributed by atoms with van der Waals surface area (Å²) in [4.78, 5) is 0. The van der Waals surface area contributed by atoms with Crippen molar-refractivity contribution in [1.82, 2.24) is 0 Å². The van der Waals surface area contributed by atoms with Crippen molar-refractivity contribution in [2.75, 3.05) is 6.61 Å². The quantitative estimate of drug-likeness (QED) is 0.616. The molecule has 0 fully saturated rings. The Kier molecular flexibility index (Phi) is 2.91. The van der Waals surface area contributed by atoms with Gasteiger partial charge in [0.25, 0.3) is 0 Å². The molecule has 70 valence electrons. The molecule has 2 N–H and O–H groups in total. The summed E-state index contributed by atoms with van der Waals surface area (Å²) in [5.41, 5.74) is 0.541. The van der Waals surface area contributed by atoms with Gasteiger partial charge in [0.15, 0.2) is 0 Å². The maximum absolute atomic E-state index is 10.0. The highest BCUT2D eigenvalue weighted by molar-refractivity contribution is 5.11. The summed E-state index contributed by atoms with van der Waals surface area (Å²) < 4.78 is 0. The molecule has 2 nitrogen and oxygen atoms in total. The van der Waals surface area contributed by atoms with Gasteiger partial charge in [0.1, 0.15) is 0 Å². The van der Waals surface area contributed by atoms with E-state index in [2.05, 4.69) is 0 Å². The first-order valence-electron chi connectivity index (χ1n) is 4.59. The Morgan fingerprint density at radius 2 is 2.25 bits per heavy atom. The average molecular weight is 170 g/mol. The predicted octanol–water partition coefficient (Wildman–Crippen LogP) is 1.48. The highest BCUT2D eigenvalue weighted by Gasteiger charge is 2.31. The maximum Gasteiger partial charge on any atom is 0.0707 e. The second kappa shape index (κ2) is 3.58. The molecule has 0 unspecified atom stereocenters. The van der Waals surface area contributed by atoms with Crippen molar-refractivity contribution in [1.29, 1.82) is 0 Å². The van der Waals surface area contributed by atoms with Crippen LogP contribution < -0.4 is 0 Å². The summed E-state index contributed by atoms with van der Waals surface area (Å²) in [5.74, 6) is 0.300. The lowest BCUT2D eigenvalue weighted by molar-refractivity contribution is -0.0149. The number of rotatable bonds is 2. The predicted molar refractivity (Wildman–Crippen MR) is 48.8 cm³/mol. The van der Waals surface area contributed by atoms with Crippen molar-refractivity contribution in [3.05, 3.63) is 11.6 Å². The van der Waals surface area contributed by atoms with Crippen molar-refractivity contribution in [3.63, 3.8) is 0 Å². The van der Waals surface area contributed by atoms with Crippen LogP contribution in [0.1, 0.15) is 33.1 Å². The first-order chi connectivity index (χ1) is 5.58. The number of hydrogen-bond donors (Lipinski definition) is 2. The summed E-state index contributed by atoms with van der Waals surface area (Å²) in [7, 11) is 0. The molecule has 0 aromatic heterocycles. The minimum atomic E-state index is -0.529. The Balaban J connectivity index is 2.61. The second-order valence-corrected chi connectivity index (χ2v) is 3.98. The van der Waals surface area contributed by atoms with E-state index in [-0.39, 0.29) is 6.61 Å². The molecule has 0 amide bonds. The lowest BCUT2D eigenvalue weighted by atomic mass is 9.78. The van der Waals surface area contributed by atoms with E-state index in [4.69, 9.17) is 5.11 Å². The maximum atomic E-state index is 10.0. The highest BCUT2D eigenvalue weighted by atomic mass is 16.3. The molecule has 0 radical (unpaired) electrons. The van der Waals surface area contributed by atoms with Crippen LogP contribution in [0.5, 0.6) is 0 Å². The number of aliphatic hydroxyl groups excluding tert-OH is 1. The normalized spacial score (nSPS) is 30.6. The molecular weight excluding hydrogens is 152 g/mol. The Morgan fingerprint density at radius 1 is 1.58 bits per heavy atom. The van der Waals surface area contributed by atoms with Crippen molar-refractivity contribution in [2.24, 2.45) is 5.92 Å². The van der Waals surface area contributed by atoms with Crippen LogP contribution in [0.2, 0.25) is 0 Å². The van der Waals surface area contributed by atoms with E-state index in [1.54, 1.807) is 0 Å². The molecule has 12 heavy (non-hydrogen) atoms. The third-order valence-corrected chi connectivity index (χ3v) is 2.90. The van der Waals surface area contributed by atoms with Gasteiger partial charge in [-0.25, -0.2) is 0 Å². The van der Waals surface area contributed by atoms with Crippen molar-refractivity contribution in [3.8, 4) is 0 Å². The monoisotopic (exact) mass is 170 g/mol.